The number of rotatable bonds is 4. The van der Waals surface area contributed by atoms with Crippen LogP contribution in [0.15, 0.2) is 18.2 Å². The molecule has 1 rings (SSSR count). The van der Waals surface area contributed by atoms with Crippen LogP contribution < -0.4 is 4.74 Å². The summed E-state index contributed by atoms with van der Waals surface area (Å²) in [7, 11) is 0. The van der Waals surface area contributed by atoms with E-state index in [9.17, 15) is 9.59 Å². The maximum atomic E-state index is 11.3. The summed E-state index contributed by atoms with van der Waals surface area (Å²) in [5.41, 5.74) is 1.85. The van der Waals surface area contributed by atoms with Crippen LogP contribution in [0.5, 0.6) is 5.75 Å². The van der Waals surface area contributed by atoms with Gasteiger partial charge in [-0.1, -0.05) is 18.2 Å². The summed E-state index contributed by atoms with van der Waals surface area (Å²) in [5.74, 6) is 0.243. The Kier molecular flexibility index (Phi) is 4.03. The van der Waals surface area contributed by atoms with Crippen molar-refractivity contribution in [1.82, 2.24) is 0 Å². The molecule has 0 spiro atoms. The molecular formula is C12H14O3. The lowest BCUT2D eigenvalue weighted by atomic mass is 10.1. The highest BCUT2D eigenvalue weighted by atomic mass is 16.5. The minimum atomic E-state index is -0.362. The van der Waals surface area contributed by atoms with Crippen molar-refractivity contribution in [1.29, 1.82) is 0 Å². The zero-order valence-electron chi connectivity index (χ0n) is 8.95. The van der Waals surface area contributed by atoms with Crippen molar-refractivity contribution in [3.8, 4) is 5.75 Å². The van der Waals surface area contributed by atoms with E-state index in [-0.39, 0.29) is 18.8 Å². The molecule has 15 heavy (non-hydrogen) atoms. The standard InChI is InChI=1S/C12H14O3/c1-9-5-3-6-10(2)12(9)15-11(14)7-4-8-13/h3,5-6,8H,4,7H2,1-2H3. The van der Waals surface area contributed by atoms with Gasteiger partial charge in [0.25, 0.3) is 0 Å². The number of benzene rings is 1. The van der Waals surface area contributed by atoms with Crippen molar-refractivity contribution in [2.75, 3.05) is 0 Å². The summed E-state index contributed by atoms with van der Waals surface area (Å²) in [6.45, 7) is 3.77. The molecule has 0 N–H and O–H groups in total. The first-order valence-electron chi connectivity index (χ1n) is 4.85. The maximum Gasteiger partial charge on any atom is 0.311 e. The number of hydrogen-bond donors (Lipinski definition) is 0. The lowest BCUT2D eigenvalue weighted by molar-refractivity contribution is -0.135. The normalized spacial score (nSPS) is 9.73. The van der Waals surface area contributed by atoms with E-state index in [1.54, 1.807) is 0 Å². The molecule has 0 aliphatic heterocycles. The number of aldehydes is 1. The van der Waals surface area contributed by atoms with Gasteiger partial charge in [-0.2, -0.15) is 0 Å². The Labute approximate surface area is 89.1 Å². The van der Waals surface area contributed by atoms with Crippen molar-refractivity contribution in [3.63, 3.8) is 0 Å². The van der Waals surface area contributed by atoms with Gasteiger partial charge in [0.05, 0.1) is 6.42 Å². The third-order valence-corrected chi connectivity index (χ3v) is 2.09. The summed E-state index contributed by atoms with van der Waals surface area (Å²) in [6, 6.07) is 5.68. The van der Waals surface area contributed by atoms with Gasteiger partial charge in [-0.25, -0.2) is 0 Å². The largest absolute Gasteiger partial charge is 0.426 e. The van der Waals surface area contributed by atoms with Gasteiger partial charge in [-0.15, -0.1) is 0 Å². The Bertz CT molecular complexity index is 349. The van der Waals surface area contributed by atoms with Crippen LogP contribution in [0.3, 0.4) is 0 Å². The second kappa shape index (κ2) is 5.29. The molecule has 0 saturated carbocycles. The van der Waals surface area contributed by atoms with Gasteiger partial charge in [0.15, 0.2) is 0 Å². The van der Waals surface area contributed by atoms with E-state index >= 15 is 0 Å². The van der Waals surface area contributed by atoms with Gasteiger partial charge in [0, 0.05) is 6.42 Å². The Morgan fingerprint density at radius 1 is 1.33 bits per heavy atom. The van der Waals surface area contributed by atoms with E-state index in [0.717, 1.165) is 11.1 Å². The highest BCUT2D eigenvalue weighted by Crippen LogP contribution is 2.22. The van der Waals surface area contributed by atoms with Crippen LogP contribution in [0.25, 0.3) is 0 Å². The van der Waals surface area contributed by atoms with E-state index in [2.05, 4.69) is 0 Å². The van der Waals surface area contributed by atoms with Gasteiger partial charge in [0.2, 0.25) is 0 Å². The molecule has 0 aliphatic carbocycles. The molecule has 3 nitrogen and oxygen atoms in total. The SMILES string of the molecule is Cc1cccc(C)c1OC(=O)CCC=O. The molecule has 0 amide bonds. The van der Waals surface area contributed by atoms with Gasteiger partial charge in [-0.3, -0.25) is 4.79 Å². The quantitative estimate of drug-likeness (QED) is 0.431. The van der Waals surface area contributed by atoms with Gasteiger partial charge >= 0.3 is 5.97 Å². The number of carbonyl (C=O) groups is 2. The molecule has 1 aromatic rings. The monoisotopic (exact) mass is 206 g/mol. The number of carbonyl (C=O) groups excluding carboxylic acids is 2. The van der Waals surface area contributed by atoms with Crippen LogP contribution in [0, 0.1) is 13.8 Å². The zero-order valence-corrected chi connectivity index (χ0v) is 8.95. The van der Waals surface area contributed by atoms with Crippen molar-refractivity contribution in [2.45, 2.75) is 26.7 Å². The first kappa shape index (κ1) is 11.4. The highest BCUT2D eigenvalue weighted by molar-refractivity contribution is 5.75. The Hall–Kier alpha value is -1.64. The minimum Gasteiger partial charge on any atom is -0.426 e. The van der Waals surface area contributed by atoms with Gasteiger partial charge in [-0.05, 0) is 25.0 Å². The number of para-hydroxylation sites is 1. The first-order chi connectivity index (χ1) is 7.15. The smallest absolute Gasteiger partial charge is 0.311 e. The van der Waals surface area contributed by atoms with Crippen LogP contribution >= 0.6 is 0 Å². The number of ether oxygens (including phenoxy) is 1. The fourth-order valence-electron chi connectivity index (χ4n) is 1.30. The summed E-state index contributed by atoms with van der Waals surface area (Å²) in [4.78, 5) is 21.4. The first-order valence-corrected chi connectivity index (χ1v) is 4.85. The Morgan fingerprint density at radius 3 is 2.47 bits per heavy atom. The molecule has 0 radical (unpaired) electrons. The average Bonchev–Trinajstić information content (AvgIpc) is 2.21. The topological polar surface area (TPSA) is 43.4 Å². The average molecular weight is 206 g/mol. The number of hydrogen-bond acceptors (Lipinski definition) is 3. The van der Waals surface area contributed by atoms with Crippen LogP contribution in [0.4, 0.5) is 0 Å². The molecule has 0 heterocycles. The summed E-state index contributed by atoms with van der Waals surface area (Å²) < 4.78 is 5.18. The molecule has 0 aliphatic rings. The predicted molar refractivity (Wildman–Crippen MR) is 56.8 cm³/mol. The van der Waals surface area contributed by atoms with Gasteiger partial charge < -0.3 is 9.53 Å². The molecule has 0 bridgehead atoms. The van der Waals surface area contributed by atoms with E-state index in [0.29, 0.717) is 12.0 Å². The van der Waals surface area contributed by atoms with E-state index in [1.807, 2.05) is 32.0 Å². The fraction of sp³-hybridized carbons (Fsp3) is 0.333. The van der Waals surface area contributed by atoms with Crippen LogP contribution in [0.2, 0.25) is 0 Å². The Morgan fingerprint density at radius 2 is 1.93 bits per heavy atom. The number of aryl methyl sites for hydroxylation is 2. The van der Waals surface area contributed by atoms with Crippen LogP contribution in [-0.4, -0.2) is 12.3 Å². The lowest BCUT2D eigenvalue weighted by Crippen LogP contribution is -2.09. The molecule has 0 atom stereocenters. The maximum absolute atomic E-state index is 11.3. The van der Waals surface area contributed by atoms with Crippen LogP contribution in [-0.2, 0) is 9.59 Å². The molecule has 0 aromatic heterocycles. The van der Waals surface area contributed by atoms with E-state index in [1.165, 1.54) is 0 Å². The third kappa shape index (κ3) is 3.20. The Balaban J connectivity index is 2.71. The summed E-state index contributed by atoms with van der Waals surface area (Å²) in [5, 5.41) is 0. The molecule has 3 heteroatoms. The second-order valence-electron chi connectivity index (χ2n) is 3.40. The van der Waals surface area contributed by atoms with Crippen molar-refractivity contribution in [3.05, 3.63) is 29.3 Å². The number of esters is 1. The molecule has 80 valence electrons. The third-order valence-electron chi connectivity index (χ3n) is 2.09. The predicted octanol–water partition coefficient (Wildman–Crippen LogP) is 2.19. The van der Waals surface area contributed by atoms with Crippen molar-refractivity contribution >= 4 is 12.3 Å². The minimum absolute atomic E-state index is 0.136. The molecule has 0 fully saturated rings. The zero-order chi connectivity index (χ0) is 11.3. The van der Waals surface area contributed by atoms with Gasteiger partial charge in [0.1, 0.15) is 12.0 Å². The second-order valence-corrected chi connectivity index (χ2v) is 3.40. The molecule has 1 aromatic carbocycles. The van der Waals surface area contributed by atoms with Crippen molar-refractivity contribution in [2.24, 2.45) is 0 Å². The molecule has 0 saturated heterocycles. The molecule has 0 unspecified atom stereocenters. The van der Waals surface area contributed by atoms with E-state index < -0.39 is 0 Å². The summed E-state index contributed by atoms with van der Waals surface area (Å²) >= 11 is 0. The fourth-order valence-corrected chi connectivity index (χ4v) is 1.30. The lowest BCUT2D eigenvalue weighted by Gasteiger charge is -2.09. The highest BCUT2D eigenvalue weighted by Gasteiger charge is 2.08. The van der Waals surface area contributed by atoms with Crippen molar-refractivity contribution < 1.29 is 14.3 Å². The summed E-state index contributed by atoms with van der Waals surface area (Å²) in [6.07, 6.45) is 1.06. The van der Waals surface area contributed by atoms with Crippen LogP contribution in [0.1, 0.15) is 24.0 Å². The van der Waals surface area contributed by atoms with E-state index in [4.69, 9.17) is 4.74 Å². The molecular weight excluding hydrogens is 192 g/mol.